The molecule has 3 aromatic carbocycles. The fraction of sp³-hybridized carbons (Fsp3) is 0.222. The average Bonchev–Trinajstić information content (AvgIpc) is 3.39. The predicted octanol–water partition coefficient (Wildman–Crippen LogP) is 3.53. The van der Waals surface area contributed by atoms with Crippen LogP contribution in [0.15, 0.2) is 72.9 Å². The smallest absolute Gasteiger partial charge is 0.328 e. The number of aromatic nitrogens is 3. The van der Waals surface area contributed by atoms with Crippen molar-refractivity contribution < 1.29 is 29.0 Å². The van der Waals surface area contributed by atoms with Gasteiger partial charge in [-0.3, -0.25) is 9.59 Å². The van der Waals surface area contributed by atoms with Crippen molar-refractivity contribution in [1.82, 2.24) is 20.3 Å². The second kappa shape index (κ2) is 11.8. The molecular weight excluding hydrogens is 476 g/mol. The molecular formula is C27H26N4O6. The first-order valence-corrected chi connectivity index (χ1v) is 11.8. The first kappa shape index (κ1) is 25.4. The molecule has 0 saturated carbocycles. The second-order valence-corrected chi connectivity index (χ2v) is 8.21. The van der Waals surface area contributed by atoms with Gasteiger partial charge in [0.25, 0.3) is 5.91 Å². The molecule has 0 radical (unpaired) electrons. The lowest BCUT2D eigenvalue weighted by Crippen LogP contribution is -2.42. The van der Waals surface area contributed by atoms with E-state index in [1.54, 1.807) is 42.1 Å². The Balaban J connectivity index is 1.37. The molecule has 0 unspecified atom stereocenters. The van der Waals surface area contributed by atoms with Crippen molar-refractivity contribution in [3.05, 3.63) is 84.2 Å². The van der Waals surface area contributed by atoms with E-state index in [0.29, 0.717) is 16.9 Å². The Labute approximate surface area is 212 Å². The van der Waals surface area contributed by atoms with Gasteiger partial charge in [-0.1, -0.05) is 35.5 Å². The number of amides is 1. The summed E-state index contributed by atoms with van der Waals surface area (Å²) in [6, 6.07) is 19.4. The third-order valence-corrected chi connectivity index (χ3v) is 5.57. The van der Waals surface area contributed by atoms with Crippen molar-refractivity contribution in [2.24, 2.45) is 0 Å². The quantitative estimate of drug-likeness (QED) is 0.298. The number of carbonyl (C=O) groups is 3. The fourth-order valence-corrected chi connectivity index (χ4v) is 3.67. The van der Waals surface area contributed by atoms with Crippen LogP contribution in [0.3, 0.4) is 0 Å². The number of rotatable bonds is 11. The summed E-state index contributed by atoms with van der Waals surface area (Å²) in [7, 11) is 0. The molecule has 190 valence electrons. The van der Waals surface area contributed by atoms with Gasteiger partial charge in [-0.25, -0.2) is 9.48 Å². The summed E-state index contributed by atoms with van der Waals surface area (Å²) in [6.07, 6.45) is 1.39. The number of benzene rings is 3. The number of nitrogens with one attached hydrogen (secondary N) is 1. The zero-order valence-electron chi connectivity index (χ0n) is 20.2. The van der Waals surface area contributed by atoms with Crippen LogP contribution in [-0.4, -0.2) is 50.6 Å². The maximum absolute atomic E-state index is 12.6. The number of nitrogens with zero attached hydrogens (tertiary/aromatic N) is 3. The largest absolute Gasteiger partial charge is 0.487 e. The maximum Gasteiger partial charge on any atom is 0.328 e. The molecule has 4 rings (SSSR count). The number of carboxylic acids is 1. The van der Waals surface area contributed by atoms with Crippen LogP contribution in [0.1, 0.15) is 35.8 Å². The van der Waals surface area contributed by atoms with E-state index in [4.69, 9.17) is 14.6 Å². The topological polar surface area (TPSA) is 133 Å². The van der Waals surface area contributed by atoms with E-state index in [1.165, 1.54) is 0 Å². The summed E-state index contributed by atoms with van der Waals surface area (Å²) in [5, 5.41) is 22.0. The molecule has 0 aliphatic rings. The van der Waals surface area contributed by atoms with Crippen molar-refractivity contribution in [3.63, 3.8) is 0 Å². The minimum Gasteiger partial charge on any atom is -0.487 e. The van der Waals surface area contributed by atoms with Crippen LogP contribution in [0.25, 0.3) is 16.5 Å². The fourth-order valence-electron chi connectivity index (χ4n) is 3.67. The first-order chi connectivity index (χ1) is 17.9. The monoisotopic (exact) mass is 502 g/mol. The zero-order chi connectivity index (χ0) is 26.2. The van der Waals surface area contributed by atoms with Gasteiger partial charge < -0.3 is 19.9 Å². The average molecular weight is 503 g/mol. The molecule has 1 heterocycles. The normalized spacial score (nSPS) is 11.6. The van der Waals surface area contributed by atoms with Crippen LogP contribution in [0.2, 0.25) is 0 Å². The van der Waals surface area contributed by atoms with E-state index < -0.39 is 23.9 Å². The van der Waals surface area contributed by atoms with Crippen molar-refractivity contribution in [1.29, 1.82) is 0 Å². The minimum atomic E-state index is -1.07. The number of aliphatic carboxylic acids is 1. The highest BCUT2D eigenvalue weighted by atomic mass is 16.5. The second-order valence-electron chi connectivity index (χ2n) is 8.21. The number of ether oxygens (including phenoxy) is 2. The molecule has 1 atom stereocenters. The molecule has 10 nitrogen and oxygen atoms in total. The van der Waals surface area contributed by atoms with Crippen LogP contribution >= 0.6 is 0 Å². The Kier molecular flexibility index (Phi) is 8.09. The van der Waals surface area contributed by atoms with Crippen LogP contribution in [-0.2, 0) is 20.9 Å². The van der Waals surface area contributed by atoms with Crippen molar-refractivity contribution in [2.45, 2.75) is 32.4 Å². The van der Waals surface area contributed by atoms with E-state index in [9.17, 15) is 14.4 Å². The lowest BCUT2D eigenvalue weighted by Gasteiger charge is -2.16. The van der Waals surface area contributed by atoms with Crippen LogP contribution in [0, 0.1) is 0 Å². The Morgan fingerprint density at radius 1 is 1.03 bits per heavy atom. The molecule has 0 aliphatic heterocycles. The number of hydrogen-bond acceptors (Lipinski definition) is 7. The van der Waals surface area contributed by atoms with E-state index >= 15 is 0 Å². The van der Waals surface area contributed by atoms with E-state index in [2.05, 4.69) is 15.6 Å². The Morgan fingerprint density at radius 3 is 2.51 bits per heavy atom. The highest BCUT2D eigenvalue weighted by Gasteiger charge is 2.23. The Bertz CT molecular complexity index is 1400. The standard InChI is InChI=1S/C27H26N4O6/c1-2-36-27(35)24(13-14-25(32)33)28-26(34)19-7-10-22(11-8-19)31-16-21(29-30-31)17-37-23-12-9-18-5-3-4-6-20(18)15-23/h3-12,15-16,24H,2,13-14,17H2,1H3,(H,28,34)(H,32,33)/t24-/m0/s1. The van der Waals surface area contributed by atoms with Gasteiger partial charge in [0, 0.05) is 12.0 Å². The summed E-state index contributed by atoms with van der Waals surface area (Å²) in [5.41, 5.74) is 1.60. The van der Waals surface area contributed by atoms with Gasteiger partial charge in [0.1, 0.15) is 24.1 Å². The van der Waals surface area contributed by atoms with Crippen LogP contribution < -0.4 is 10.1 Å². The van der Waals surface area contributed by atoms with Gasteiger partial charge in [-0.15, -0.1) is 5.10 Å². The van der Waals surface area contributed by atoms with E-state index in [0.717, 1.165) is 16.5 Å². The summed E-state index contributed by atoms with van der Waals surface area (Å²) >= 11 is 0. The van der Waals surface area contributed by atoms with Crippen molar-refractivity contribution in [2.75, 3.05) is 6.61 Å². The van der Waals surface area contributed by atoms with Gasteiger partial charge in [0.2, 0.25) is 0 Å². The minimum absolute atomic E-state index is 0.0685. The van der Waals surface area contributed by atoms with E-state index in [1.807, 2.05) is 42.5 Å². The van der Waals surface area contributed by atoms with Gasteiger partial charge in [0.05, 0.1) is 18.5 Å². The summed E-state index contributed by atoms with van der Waals surface area (Å²) in [5.74, 6) is -1.52. The molecule has 10 heteroatoms. The van der Waals surface area contributed by atoms with Crippen molar-refractivity contribution >= 4 is 28.6 Å². The first-order valence-electron chi connectivity index (χ1n) is 11.8. The molecule has 0 spiro atoms. The molecule has 0 aliphatic carbocycles. The molecule has 37 heavy (non-hydrogen) atoms. The lowest BCUT2D eigenvalue weighted by molar-refractivity contribution is -0.146. The predicted molar refractivity (Wildman–Crippen MR) is 134 cm³/mol. The molecule has 1 amide bonds. The third-order valence-electron chi connectivity index (χ3n) is 5.57. The SMILES string of the molecule is CCOC(=O)[C@H](CCC(=O)O)NC(=O)c1ccc(-n2cc(COc3ccc4ccccc4c3)nn2)cc1. The molecule has 0 saturated heterocycles. The maximum atomic E-state index is 12.6. The summed E-state index contributed by atoms with van der Waals surface area (Å²) in [4.78, 5) is 35.6. The summed E-state index contributed by atoms with van der Waals surface area (Å²) in [6.45, 7) is 2.00. The molecule has 4 aromatic rings. The third kappa shape index (κ3) is 6.69. The van der Waals surface area contributed by atoms with Crippen molar-refractivity contribution in [3.8, 4) is 11.4 Å². The molecule has 0 fully saturated rings. The van der Waals surface area contributed by atoms with Crippen LogP contribution in [0.5, 0.6) is 5.75 Å². The van der Waals surface area contributed by atoms with Gasteiger partial charge in [-0.05, 0) is 60.5 Å². The zero-order valence-corrected chi connectivity index (χ0v) is 20.2. The lowest BCUT2D eigenvalue weighted by atomic mass is 10.1. The Hall–Kier alpha value is -4.73. The highest BCUT2D eigenvalue weighted by molar-refractivity contribution is 5.97. The van der Waals surface area contributed by atoms with Crippen LogP contribution in [0.4, 0.5) is 0 Å². The van der Waals surface area contributed by atoms with Gasteiger partial charge in [-0.2, -0.15) is 0 Å². The van der Waals surface area contributed by atoms with Gasteiger partial charge >= 0.3 is 11.9 Å². The number of esters is 1. The number of fused-ring (bicyclic) bond motifs is 1. The highest BCUT2D eigenvalue weighted by Crippen LogP contribution is 2.21. The Morgan fingerprint density at radius 2 is 1.78 bits per heavy atom. The number of carbonyl (C=O) groups excluding carboxylic acids is 2. The van der Waals surface area contributed by atoms with E-state index in [-0.39, 0.29) is 26.1 Å². The molecule has 2 N–H and O–H groups in total. The number of carboxylic acid groups (broad SMARTS) is 1. The van der Waals surface area contributed by atoms with Gasteiger partial charge in [0.15, 0.2) is 0 Å². The summed E-state index contributed by atoms with van der Waals surface area (Å²) < 4.78 is 12.4. The number of hydrogen-bond donors (Lipinski definition) is 2. The molecule has 1 aromatic heterocycles. The molecule has 0 bridgehead atoms.